The molecule has 0 fully saturated rings. The molecule has 0 saturated carbocycles. The van der Waals surface area contributed by atoms with Gasteiger partial charge in [0.15, 0.2) is 0 Å². The average Bonchev–Trinajstić information content (AvgIpc) is 2.83. The minimum atomic E-state index is 0.699. The maximum Gasteiger partial charge on any atom is 0.0991 e. The molecular weight excluding hydrogens is 224 g/mol. The van der Waals surface area contributed by atoms with Crippen LogP contribution in [0.25, 0.3) is 0 Å². The van der Waals surface area contributed by atoms with Crippen LogP contribution in [0.3, 0.4) is 0 Å². The largest absolute Gasteiger partial charge is 0.312 e. The van der Waals surface area contributed by atoms with Gasteiger partial charge >= 0.3 is 0 Å². The Morgan fingerprint density at radius 3 is 2.94 bits per heavy atom. The van der Waals surface area contributed by atoms with E-state index in [9.17, 15) is 0 Å². The lowest BCUT2D eigenvalue weighted by Crippen LogP contribution is -2.24. The third kappa shape index (κ3) is 2.01. The average molecular weight is 238 g/mol. The van der Waals surface area contributed by atoms with Gasteiger partial charge in [-0.05, 0) is 17.7 Å². The van der Waals surface area contributed by atoms with Gasteiger partial charge in [-0.1, -0.05) is 12.1 Å². The Bertz CT molecular complexity index is 589. The van der Waals surface area contributed by atoms with Crippen LogP contribution >= 0.6 is 0 Å². The summed E-state index contributed by atoms with van der Waals surface area (Å²) in [5, 5.41) is 16.6. The molecule has 0 atom stereocenters. The standard InChI is InChI=1S/C14H14N4/c15-7-11-1-3-12(4-2-11)10-18-14-5-6-16-8-13(14)9-17-18/h1-4,9,16H,5-6,8,10H2. The van der Waals surface area contributed by atoms with Gasteiger partial charge in [0.05, 0.1) is 24.4 Å². The zero-order chi connectivity index (χ0) is 12.4. The zero-order valence-corrected chi connectivity index (χ0v) is 10.1. The Kier molecular flexibility index (Phi) is 2.83. The van der Waals surface area contributed by atoms with Crippen molar-refractivity contribution in [3.05, 3.63) is 52.8 Å². The van der Waals surface area contributed by atoms with Crippen LogP contribution in [0.2, 0.25) is 0 Å². The normalized spacial score (nSPS) is 13.9. The van der Waals surface area contributed by atoms with Crippen molar-refractivity contribution < 1.29 is 0 Å². The van der Waals surface area contributed by atoms with Gasteiger partial charge in [0, 0.05) is 30.8 Å². The van der Waals surface area contributed by atoms with E-state index in [1.165, 1.54) is 16.8 Å². The molecule has 0 saturated heterocycles. The first-order valence-electron chi connectivity index (χ1n) is 6.10. The van der Waals surface area contributed by atoms with Crippen LogP contribution in [-0.4, -0.2) is 16.3 Å². The summed E-state index contributed by atoms with van der Waals surface area (Å²) in [4.78, 5) is 0. The molecule has 4 heteroatoms. The maximum absolute atomic E-state index is 8.77. The van der Waals surface area contributed by atoms with Crippen LogP contribution in [-0.2, 0) is 19.5 Å². The van der Waals surface area contributed by atoms with Crippen molar-refractivity contribution >= 4 is 0 Å². The summed E-state index contributed by atoms with van der Waals surface area (Å²) in [5.41, 5.74) is 4.51. The van der Waals surface area contributed by atoms with Crippen molar-refractivity contribution in [3.8, 4) is 6.07 Å². The molecule has 4 nitrogen and oxygen atoms in total. The molecule has 1 aliphatic rings. The number of nitrogens with zero attached hydrogens (tertiary/aromatic N) is 3. The summed E-state index contributed by atoms with van der Waals surface area (Å²) >= 11 is 0. The molecule has 18 heavy (non-hydrogen) atoms. The number of fused-ring (bicyclic) bond motifs is 1. The zero-order valence-electron chi connectivity index (χ0n) is 10.1. The summed E-state index contributed by atoms with van der Waals surface area (Å²) in [7, 11) is 0. The van der Waals surface area contributed by atoms with Gasteiger partial charge < -0.3 is 5.32 Å². The van der Waals surface area contributed by atoms with Gasteiger partial charge in [-0.15, -0.1) is 0 Å². The number of aromatic nitrogens is 2. The third-order valence-electron chi connectivity index (χ3n) is 3.30. The highest BCUT2D eigenvalue weighted by Crippen LogP contribution is 2.15. The highest BCUT2D eigenvalue weighted by molar-refractivity contribution is 5.32. The molecule has 1 aromatic carbocycles. The summed E-state index contributed by atoms with van der Waals surface area (Å²) < 4.78 is 2.07. The predicted octanol–water partition coefficient (Wildman–Crippen LogP) is 1.45. The van der Waals surface area contributed by atoms with Crippen molar-refractivity contribution in [1.82, 2.24) is 15.1 Å². The fourth-order valence-corrected chi connectivity index (χ4v) is 2.31. The lowest BCUT2D eigenvalue weighted by Gasteiger charge is -2.15. The smallest absolute Gasteiger partial charge is 0.0991 e. The molecule has 0 unspecified atom stereocenters. The summed E-state index contributed by atoms with van der Waals surface area (Å²) in [6.45, 7) is 2.72. The van der Waals surface area contributed by atoms with E-state index in [-0.39, 0.29) is 0 Å². The minimum absolute atomic E-state index is 0.699. The maximum atomic E-state index is 8.77. The van der Waals surface area contributed by atoms with Crippen molar-refractivity contribution in [2.24, 2.45) is 0 Å². The van der Waals surface area contributed by atoms with E-state index in [2.05, 4.69) is 21.2 Å². The second-order valence-corrected chi connectivity index (χ2v) is 4.51. The SMILES string of the molecule is N#Cc1ccc(Cn2ncc3c2CCNC3)cc1. The van der Waals surface area contributed by atoms with Gasteiger partial charge in [0.25, 0.3) is 0 Å². The van der Waals surface area contributed by atoms with Crippen LogP contribution in [0.4, 0.5) is 0 Å². The van der Waals surface area contributed by atoms with Gasteiger partial charge in [-0.2, -0.15) is 10.4 Å². The van der Waals surface area contributed by atoms with E-state index in [1.54, 1.807) is 0 Å². The van der Waals surface area contributed by atoms with Crippen LogP contribution < -0.4 is 5.32 Å². The van der Waals surface area contributed by atoms with E-state index >= 15 is 0 Å². The number of hydrogen-bond donors (Lipinski definition) is 1. The summed E-state index contributed by atoms with van der Waals surface area (Å²) in [6.07, 6.45) is 2.98. The van der Waals surface area contributed by atoms with Crippen LogP contribution in [0.1, 0.15) is 22.4 Å². The number of benzene rings is 1. The molecule has 2 heterocycles. The van der Waals surface area contributed by atoms with Crippen molar-refractivity contribution in [1.29, 1.82) is 5.26 Å². The predicted molar refractivity (Wildman–Crippen MR) is 67.9 cm³/mol. The third-order valence-corrected chi connectivity index (χ3v) is 3.30. The molecule has 0 radical (unpaired) electrons. The van der Waals surface area contributed by atoms with Crippen LogP contribution in [0.15, 0.2) is 30.5 Å². The van der Waals surface area contributed by atoms with E-state index in [1.807, 2.05) is 30.5 Å². The molecule has 1 aliphatic heterocycles. The van der Waals surface area contributed by atoms with Crippen molar-refractivity contribution in [2.45, 2.75) is 19.5 Å². The monoisotopic (exact) mass is 238 g/mol. The Labute approximate surface area is 106 Å². The fourth-order valence-electron chi connectivity index (χ4n) is 2.31. The first-order chi connectivity index (χ1) is 8.86. The van der Waals surface area contributed by atoms with E-state index < -0.39 is 0 Å². The molecular formula is C14H14N4. The molecule has 3 rings (SSSR count). The number of rotatable bonds is 2. The molecule has 0 bridgehead atoms. The second-order valence-electron chi connectivity index (χ2n) is 4.51. The topological polar surface area (TPSA) is 53.6 Å². The van der Waals surface area contributed by atoms with E-state index in [0.29, 0.717) is 5.56 Å². The number of nitrogens with one attached hydrogen (secondary N) is 1. The molecule has 0 aliphatic carbocycles. The highest BCUT2D eigenvalue weighted by atomic mass is 15.3. The molecule has 2 aromatic rings. The molecule has 0 spiro atoms. The molecule has 0 amide bonds. The van der Waals surface area contributed by atoms with Crippen molar-refractivity contribution in [3.63, 3.8) is 0 Å². The molecule has 1 N–H and O–H groups in total. The minimum Gasteiger partial charge on any atom is -0.312 e. The second kappa shape index (κ2) is 4.63. The van der Waals surface area contributed by atoms with E-state index in [4.69, 9.17) is 5.26 Å². The fraction of sp³-hybridized carbons (Fsp3) is 0.286. The number of nitriles is 1. The summed E-state index contributed by atoms with van der Waals surface area (Å²) in [5.74, 6) is 0. The highest BCUT2D eigenvalue weighted by Gasteiger charge is 2.14. The van der Waals surface area contributed by atoms with Gasteiger partial charge in [0.2, 0.25) is 0 Å². The quantitative estimate of drug-likeness (QED) is 0.861. The van der Waals surface area contributed by atoms with Crippen LogP contribution in [0, 0.1) is 11.3 Å². The van der Waals surface area contributed by atoms with Crippen LogP contribution in [0.5, 0.6) is 0 Å². The first kappa shape index (κ1) is 11.0. The van der Waals surface area contributed by atoms with E-state index in [0.717, 1.165) is 26.1 Å². The Morgan fingerprint density at radius 2 is 2.17 bits per heavy atom. The van der Waals surface area contributed by atoms with Gasteiger partial charge in [-0.25, -0.2) is 0 Å². The molecule has 90 valence electrons. The molecule has 1 aromatic heterocycles. The lowest BCUT2D eigenvalue weighted by atomic mass is 10.1. The Morgan fingerprint density at radius 1 is 1.33 bits per heavy atom. The number of hydrogen-bond acceptors (Lipinski definition) is 3. The van der Waals surface area contributed by atoms with Gasteiger partial charge in [-0.3, -0.25) is 4.68 Å². The van der Waals surface area contributed by atoms with Gasteiger partial charge in [0.1, 0.15) is 0 Å². The Hall–Kier alpha value is -2.12. The summed E-state index contributed by atoms with van der Waals surface area (Å²) in [6, 6.07) is 9.83. The Balaban J connectivity index is 1.83. The van der Waals surface area contributed by atoms with Crippen molar-refractivity contribution in [2.75, 3.05) is 6.54 Å². The lowest BCUT2D eigenvalue weighted by molar-refractivity contribution is 0.582. The first-order valence-corrected chi connectivity index (χ1v) is 6.10.